The molecule has 1 fully saturated rings. The molecule has 0 amide bonds. The van der Waals surface area contributed by atoms with Crippen molar-refractivity contribution in [1.82, 2.24) is 4.90 Å². The van der Waals surface area contributed by atoms with E-state index < -0.39 is 0 Å². The first-order chi connectivity index (χ1) is 9.54. The molecule has 5 nitrogen and oxygen atoms in total. The molecular weight excluding hydrogens is 290 g/mol. The molecular formula is C15H22ClN3O2. The van der Waals surface area contributed by atoms with Crippen molar-refractivity contribution in [2.24, 2.45) is 11.1 Å². The van der Waals surface area contributed by atoms with E-state index in [-0.39, 0.29) is 28.4 Å². The quantitative estimate of drug-likeness (QED) is 0.670. The van der Waals surface area contributed by atoms with Crippen LogP contribution in [0.3, 0.4) is 0 Å². The minimum atomic E-state index is -0.346. The smallest absolute Gasteiger partial charge is 0.276 e. The molecule has 1 aromatic carbocycles. The highest BCUT2D eigenvalue weighted by molar-refractivity contribution is 5.85. The molecule has 0 aliphatic carbocycles. The van der Waals surface area contributed by atoms with Gasteiger partial charge in [-0.3, -0.25) is 15.0 Å². The van der Waals surface area contributed by atoms with Gasteiger partial charge in [-0.25, -0.2) is 0 Å². The van der Waals surface area contributed by atoms with Crippen LogP contribution in [0.1, 0.15) is 18.9 Å². The van der Waals surface area contributed by atoms with E-state index in [1.54, 1.807) is 12.1 Å². The summed E-state index contributed by atoms with van der Waals surface area (Å²) in [6, 6.07) is 6.79. The molecule has 0 spiro atoms. The Hall–Kier alpha value is -1.43. The summed E-state index contributed by atoms with van der Waals surface area (Å²) in [4.78, 5) is 12.9. The number of likely N-dealkylation sites (tertiary alicyclic amines) is 1. The maximum absolute atomic E-state index is 10.9. The molecule has 0 aromatic heterocycles. The van der Waals surface area contributed by atoms with Gasteiger partial charge in [0.25, 0.3) is 5.69 Å². The van der Waals surface area contributed by atoms with E-state index in [0.29, 0.717) is 12.1 Å². The third kappa shape index (κ3) is 4.52. The topological polar surface area (TPSA) is 72.4 Å². The lowest BCUT2D eigenvalue weighted by molar-refractivity contribution is -0.385. The van der Waals surface area contributed by atoms with Crippen LogP contribution in [0.15, 0.2) is 30.3 Å². The second-order valence-corrected chi connectivity index (χ2v) is 5.72. The number of hydrogen-bond donors (Lipinski definition) is 1. The van der Waals surface area contributed by atoms with Crippen LogP contribution in [-0.2, 0) is 0 Å². The van der Waals surface area contributed by atoms with E-state index in [4.69, 9.17) is 5.73 Å². The minimum absolute atomic E-state index is 0. The standard InChI is InChI=1S/C15H21N3O2.ClH/c1-15(11-16)8-10-17(12-15)9-4-6-13-5-2-3-7-14(13)18(19)20;/h2-7H,8-12,16H2,1H3;1H/b6-4+;. The fourth-order valence-electron chi connectivity index (χ4n) is 2.57. The van der Waals surface area contributed by atoms with E-state index in [1.807, 2.05) is 18.2 Å². The van der Waals surface area contributed by atoms with Gasteiger partial charge in [0.15, 0.2) is 0 Å². The Kier molecular flexibility index (Phi) is 6.33. The molecule has 1 aliphatic rings. The lowest BCUT2D eigenvalue weighted by atomic mass is 9.90. The molecule has 0 bridgehead atoms. The summed E-state index contributed by atoms with van der Waals surface area (Å²) in [5, 5.41) is 10.9. The van der Waals surface area contributed by atoms with Gasteiger partial charge in [-0.2, -0.15) is 0 Å². The van der Waals surface area contributed by atoms with Crippen LogP contribution in [0, 0.1) is 15.5 Å². The van der Waals surface area contributed by atoms with Crippen molar-refractivity contribution in [3.05, 3.63) is 46.0 Å². The van der Waals surface area contributed by atoms with Crippen LogP contribution in [0.5, 0.6) is 0 Å². The number of nitro groups is 1. The lowest BCUT2D eigenvalue weighted by Gasteiger charge is -2.21. The minimum Gasteiger partial charge on any atom is -0.330 e. The average Bonchev–Trinajstić information content (AvgIpc) is 2.82. The zero-order valence-electron chi connectivity index (χ0n) is 12.2. The van der Waals surface area contributed by atoms with Crippen molar-refractivity contribution in [3.8, 4) is 0 Å². The normalized spacial score (nSPS) is 22.4. The van der Waals surface area contributed by atoms with Gasteiger partial charge in [0.05, 0.1) is 10.5 Å². The van der Waals surface area contributed by atoms with E-state index in [2.05, 4.69) is 11.8 Å². The molecule has 1 aromatic rings. The van der Waals surface area contributed by atoms with Crippen molar-refractivity contribution in [1.29, 1.82) is 0 Å². The molecule has 1 aliphatic heterocycles. The van der Waals surface area contributed by atoms with Gasteiger partial charge in [-0.1, -0.05) is 31.2 Å². The van der Waals surface area contributed by atoms with Crippen molar-refractivity contribution in [3.63, 3.8) is 0 Å². The van der Waals surface area contributed by atoms with Crippen LogP contribution in [0.2, 0.25) is 0 Å². The van der Waals surface area contributed by atoms with Crippen molar-refractivity contribution < 1.29 is 4.92 Å². The molecule has 21 heavy (non-hydrogen) atoms. The number of nitrogens with two attached hydrogens (primary N) is 1. The first-order valence-corrected chi connectivity index (χ1v) is 6.86. The highest BCUT2D eigenvalue weighted by Crippen LogP contribution is 2.28. The SMILES string of the molecule is CC1(CN)CCN(C/C=C/c2ccccc2[N+](=O)[O-])C1.Cl. The Balaban J connectivity index is 0.00000220. The summed E-state index contributed by atoms with van der Waals surface area (Å²) in [6.07, 6.45) is 4.93. The third-order valence-corrected chi connectivity index (χ3v) is 3.92. The summed E-state index contributed by atoms with van der Waals surface area (Å²) in [5.41, 5.74) is 6.80. The number of hydrogen-bond acceptors (Lipinski definition) is 4. The van der Waals surface area contributed by atoms with Crippen molar-refractivity contribution in [2.45, 2.75) is 13.3 Å². The fraction of sp³-hybridized carbons (Fsp3) is 0.467. The maximum atomic E-state index is 10.9. The van der Waals surface area contributed by atoms with Gasteiger partial charge in [0, 0.05) is 19.2 Å². The van der Waals surface area contributed by atoms with Gasteiger partial charge in [-0.15, -0.1) is 12.4 Å². The number of para-hydroxylation sites is 1. The number of nitrogens with zero attached hydrogens (tertiary/aromatic N) is 2. The largest absolute Gasteiger partial charge is 0.330 e. The molecule has 1 saturated heterocycles. The van der Waals surface area contributed by atoms with Crippen LogP contribution in [0.4, 0.5) is 5.69 Å². The Morgan fingerprint density at radius 3 is 2.81 bits per heavy atom. The second kappa shape index (κ2) is 7.54. The van der Waals surface area contributed by atoms with Gasteiger partial charge < -0.3 is 5.73 Å². The van der Waals surface area contributed by atoms with Crippen LogP contribution in [-0.4, -0.2) is 36.0 Å². The van der Waals surface area contributed by atoms with Gasteiger partial charge >= 0.3 is 0 Å². The lowest BCUT2D eigenvalue weighted by Crippen LogP contribution is -2.31. The molecule has 1 atom stereocenters. The number of benzene rings is 1. The highest BCUT2D eigenvalue weighted by atomic mass is 35.5. The molecule has 1 unspecified atom stereocenters. The third-order valence-electron chi connectivity index (χ3n) is 3.92. The predicted octanol–water partition coefficient (Wildman–Crippen LogP) is 2.70. The number of rotatable bonds is 5. The first kappa shape index (κ1) is 17.6. The molecule has 1 heterocycles. The Morgan fingerprint density at radius 1 is 1.48 bits per heavy atom. The summed E-state index contributed by atoms with van der Waals surface area (Å²) in [7, 11) is 0. The Morgan fingerprint density at radius 2 is 2.19 bits per heavy atom. The summed E-state index contributed by atoms with van der Waals surface area (Å²) in [5.74, 6) is 0. The zero-order valence-corrected chi connectivity index (χ0v) is 13.0. The molecule has 2 rings (SSSR count). The predicted molar refractivity (Wildman–Crippen MR) is 87.6 cm³/mol. The summed E-state index contributed by atoms with van der Waals surface area (Å²) < 4.78 is 0. The fourth-order valence-corrected chi connectivity index (χ4v) is 2.57. The highest BCUT2D eigenvalue weighted by Gasteiger charge is 2.31. The molecule has 2 N–H and O–H groups in total. The average molecular weight is 312 g/mol. The molecule has 0 saturated carbocycles. The van der Waals surface area contributed by atoms with E-state index in [9.17, 15) is 10.1 Å². The van der Waals surface area contributed by atoms with E-state index in [1.165, 1.54) is 6.07 Å². The van der Waals surface area contributed by atoms with Crippen molar-refractivity contribution >= 4 is 24.2 Å². The van der Waals surface area contributed by atoms with Crippen molar-refractivity contribution in [2.75, 3.05) is 26.2 Å². The monoisotopic (exact) mass is 311 g/mol. The van der Waals surface area contributed by atoms with Gasteiger partial charge in [-0.05, 0) is 31.0 Å². The second-order valence-electron chi connectivity index (χ2n) is 5.72. The zero-order chi connectivity index (χ0) is 14.6. The van der Waals surface area contributed by atoms with Gasteiger partial charge in [0.1, 0.15) is 0 Å². The van der Waals surface area contributed by atoms with E-state index in [0.717, 1.165) is 26.1 Å². The number of halogens is 1. The molecule has 116 valence electrons. The molecule has 0 radical (unpaired) electrons. The van der Waals surface area contributed by atoms with Gasteiger partial charge in [0.2, 0.25) is 0 Å². The van der Waals surface area contributed by atoms with Crippen LogP contribution >= 0.6 is 12.4 Å². The summed E-state index contributed by atoms with van der Waals surface area (Å²) >= 11 is 0. The van der Waals surface area contributed by atoms with Crippen LogP contribution in [0.25, 0.3) is 6.08 Å². The summed E-state index contributed by atoms with van der Waals surface area (Å²) in [6.45, 7) is 5.75. The first-order valence-electron chi connectivity index (χ1n) is 6.86. The Bertz CT molecular complexity index is 521. The Labute approximate surface area is 131 Å². The van der Waals surface area contributed by atoms with E-state index >= 15 is 0 Å². The number of nitro benzene ring substituents is 1. The van der Waals surface area contributed by atoms with Crippen LogP contribution < -0.4 is 5.73 Å². The molecule has 6 heteroatoms. The maximum Gasteiger partial charge on any atom is 0.276 e.